The standard InChI is InChI=1S/C30H33ClF3N3O5S/c1-5-15-35-29(39)21(3)36(18-22-7-6-8-24(16-22)42-4)28(38)19-37(43(40,41)25-12-9-20(2)10-13-25)23-11-14-27(31)26(17-23)30(32,33)34/h6-14,16-17,21H,5,15,18-19H2,1-4H3,(H,35,39). The Morgan fingerprint density at radius 3 is 2.33 bits per heavy atom. The Morgan fingerprint density at radius 1 is 1.05 bits per heavy atom. The summed E-state index contributed by atoms with van der Waals surface area (Å²) < 4.78 is 74.9. The molecular weight excluding hydrogens is 607 g/mol. The summed E-state index contributed by atoms with van der Waals surface area (Å²) in [7, 11) is -3.09. The van der Waals surface area contributed by atoms with Crippen LogP contribution in [-0.2, 0) is 32.3 Å². The normalized spacial score (nSPS) is 12.4. The van der Waals surface area contributed by atoms with Gasteiger partial charge in [-0.1, -0.05) is 48.4 Å². The molecule has 0 aliphatic carbocycles. The van der Waals surface area contributed by atoms with Crippen molar-refractivity contribution in [3.63, 3.8) is 0 Å². The molecule has 0 heterocycles. The highest BCUT2D eigenvalue weighted by molar-refractivity contribution is 7.92. The Hall–Kier alpha value is -3.77. The van der Waals surface area contributed by atoms with Gasteiger partial charge in [-0.15, -0.1) is 0 Å². The number of benzene rings is 3. The van der Waals surface area contributed by atoms with Crippen LogP contribution in [-0.4, -0.2) is 51.4 Å². The number of methoxy groups -OCH3 is 1. The maximum absolute atomic E-state index is 13.9. The maximum Gasteiger partial charge on any atom is 0.417 e. The third-order valence-electron chi connectivity index (χ3n) is 6.63. The topological polar surface area (TPSA) is 96.0 Å². The Bertz CT molecular complexity index is 1550. The first-order chi connectivity index (χ1) is 20.2. The fourth-order valence-electron chi connectivity index (χ4n) is 4.20. The third-order valence-corrected chi connectivity index (χ3v) is 8.75. The second-order valence-corrected chi connectivity index (χ2v) is 12.1. The molecule has 1 N–H and O–H groups in total. The number of anilines is 1. The number of hydrogen-bond acceptors (Lipinski definition) is 5. The summed E-state index contributed by atoms with van der Waals surface area (Å²) in [5, 5.41) is 2.09. The van der Waals surface area contributed by atoms with Gasteiger partial charge in [0.05, 0.1) is 28.3 Å². The highest BCUT2D eigenvalue weighted by Gasteiger charge is 2.37. The van der Waals surface area contributed by atoms with E-state index >= 15 is 0 Å². The molecule has 0 aliphatic heterocycles. The van der Waals surface area contributed by atoms with Gasteiger partial charge in [0.25, 0.3) is 10.0 Å². The molecule has 1 atom stereocenters. The highest BCUT2D eigenvalue weighted by Crippen LogP contribution is 2.38. The summed E-state index contributed by atoms with van der Waals surface area (Å²) in [6.45, 7) is 4.44. The van der Waals surface area contributed by atoms with Crippen LogP contribution >= 0.6 is 11.6 Å². The number of aryl methyl sites for hydroxylation is 1. The molecule has 0 radical (unpaired) electrons. The number of rotatable bonds is 12. The fraction of sp³-hybridized carbons (Fsp3) is 0.333. The van der Waals surface area contributed by atoms with Crippen molar-refractivity contribution in [1.29, 1.82) is 0 Å². The molecule has 232 valence electrons. The third kappa shape index (κ3) is 8.41. The number of carbonyl (C=O) groups excluding carboxylic acids is 2. The molecule has 3 rings (SSSR count). The van der Waals surface area contributed by atoms with Crippen molar-refractivity contribution < 1.29 is 35.9 Å². The smallest absolute Gasteiger partial charge is 0.417 e. The van der Waals surface area contributed by atoms with E-state index in [9.17, 15) is 31.2 Å². The second kappa shape index (κ2) is 14.1. The van der Waals surface area contributed by atoms with E-state index in [1.54, 1.807) is 31.2 Å². The van der Waals surface area contributed by atoms with Gasteiger partial charge in [0.1, 0.15) is 18.3 Å². The molecule has 0 aromatic heterocycles. The van der Waals surface area contributed by atoms with E-state index < -0.39 is 56.9 Å². The van der Waals surface area contributed by atoms with Gasteiger partial charge in [-0.2, -0.15) is 13.2 Å². The summed E-state index contributed by atoms with van der Waals surface area (Å²) >= 11 is 5.81. The Morgan fingerprint density at radius 2 is 1.72 bits per heavy atom. The molecule has 43 heavy (non-hydrogen) atoms. The Kier molecular flexibility index (Phi) is 11.1. The van der Waals surface area contributed by atoms with E-state index in [1.165, 1.54) is 43.2 Å². The molecule has 13 heteroatoms. The number of nitrogens with one attached hydrogen (secondary N) is 1. The largest absolute Gasteiger partial charge is 0.497 e. The van der Waals surface area contributed by atoms with Gasteiger partial charge < -0.3 is 15.0 Å². The van der Waals surface area contributed by atoms with Gasteiger partial charge in [-0.05, 0) is 68.3 Å². The number of carbonyl (C=O) groups is 2. The van der Waals surface area contributed by atoms with Crippen LogP contribution in [0.2, 0.25) is 5.02 Å². The number of amides is 2. The number of nitrogens with zero attached hydrogens (tertiary/aromatic N) is 2. The van der Waals surface area contributed by atoms with Crippen LogP contribution in [0, 0.1) is 6.92 Å². The monoisotopic (exact) mass is 639 g/mol. The van der Waals surface area contributed by atoms with E-state index in [0.29, 0.717) is 34.7 Å². The van der Waals surface area contributed by atoms with Gasteiger partial charge in [0.2, 0.25) is 11.8 Å². The number of hydrogen-bond donors (Lipinski definition) is 1. The Labute approximate surface area is 254 Å². The average Bonchev–Trinajstić information content (AvgIpc) is 2.97. The van der Waals surface area contributed by atoms with Gasteiger partial charge in [0, 0.05) is 13.1 Å². The van der Waals surface area contributed by atoms with E-state index in [0.717, 1.165) is 17.7 Å². The zero-order chi connectivity index (χ0) is 31.9. The predicted molar refractivity (Wildman–Crippen MR) is 158 cm³/mol. The molecule has 8 nitrogen and oxygen atoms in total. The minimum Gasteiger partial charge on any atom is -0.497 e. The van der Waals surface area contributed by atoms with Crippen molar-refractivity contribution in [1.82, 2.24) is 10.2 Å². The van der Waals surface area contributed by atoms with Crippen LogP contribution in [0.1, 0.15) is 37.0 Å². The van der Waals surface area contributed by atoms with E-state index in [4.69, 9.17) is 16.3 Å². The van der Waals surface area contributed by atoms with Gasteiger partial charge in [-0.3, -0.25) is 13.9 Å². The summed E-state index contributed by atoms with van der Waals surface area (Å²) in [5.41, 5.74) is -0.343. The molecule has 0 aliphatic rings. The van der Waals surface area contributed by atoms with E-state index in [1.807, 2.05) is 6.92 Å². The molecule has 2 amide bonds. The molecule has 0 saturated heterocycles. The number of ether oxygens (including phenoxy) is 1. The number of halogens is 4. The highest BCUT2D eigenvalue weighted by atomic mass is 35.5. The lowest BCUT2D eigenvalue weighted by molar-refractivity contribution is -0.139. The van der Waals surface area contributed by atoms with Crippen LogP contribution in [0.25, 0.3) is 0 Å². The molecule has 1 unspecified atom stereocenters. The first-order valence-electron chi connectivity index (χ1n) is 13.3. The number of alkyl halides is 3. The minimum absolute atomic E-state index is 0.108. The maximum atomic E-state index is 13.9. The zero-order valence-corrected chi connectivity index (χ0v) is 25.7. The summed E-state index contributed by atoms with van der Waals surface area (Å²) in [5.74, 6) is -0.796. The van der Waals surface area contributed by atoms with Crippen molar-refractivity contribution in [3.8, 4) is 5.75 Å². The van der Waals surface area contributed by atoms with E-state index in [2.05, 4.69) is 5.32 Å². The van der Waals surface area contributed by atoms with Gasteiger partial charge >= 0.3 is 6.18 Å². The SMILES string of the molecule is CCCNC(=O)C(C)N(Cc1cccc(OC)c1)C(=O)CN(c1ccc(Cl)c(C(F)(F)F)c1)S(=O)(=O)c1ccc(C)cc1. The molecule has 0 spiro atoms. The minimum atomic E-state index is -4.89. The van der Waals surface area contributed by atoms with Crippen LogP contribution in [0.15, 0.2) is 71.6 Å². The quantitative estimate of drug-likeness (QED) is 0.270. The van der Waals surface area contributed by atoms with Crippen molar-refractivity contribution >= 4 is 39.1 Å². The van der Waals surface area contributed by atoms with Crippen LogP contribution in [0.4, 0.5) is 18.9 Å². The first-order valence-corrected chi connectivity index (χ1v) is 15.2. The molecular formula is C30H33ClF3N3O5S. The fourth-order valence-corrected chi connectivity index (χ4v) is 5.83. The van der Waals surface area contributed by atoms with Crippen molar-refractivity contribution in [2.75, 3.05) is 24.5 Å². The second-order valence-electron chi connectivity index (χ2n) is 9.83. The average molecular weight is 640 g/mol. The molecule has 0 bridgehead atoms. The van der Waals surface area contributed by atoms with Gasteiger partial charge in [0.15, 0.2) is 0 Å². The van der Waals surface area contributed by atoms with E-state index in [-0.39, 0.29) is 11.4 Å². The number of sulfonamides is 1. The van der Waals surface area contributed by atoms with Crippen molar-refractivity contribution in [2.24, 2.45) is 0 Å². The van der Waals surface area contributed by atoms with Crippen LogP contribution in [0.3, 0.4) is 0 Å². The first kappa shape index (κ1) is 33.7. The van der Waals surface area contributed by atoms with Crippen LogP contribution in [0.5, 0.6) is 5.75 Å². The lowest BCUT2D eigenvalue weighted by Crippen LogP contribution is -2.51. The summed E-state index contributed by atoms with van der Waals surface area (Å²) in [4.78, 5) is 27.8. The van der Waals surface area contributed by atoms with Crippen molar-refractivity contribution in [2.45, 2.75) is 50.9 Å². The Balaban J connectivity index is 2.12. The zero-order valence-electron chi connectivity index (χ0n) is 24.1. The molecule has 0 fully saturated rings. The summed E-state index contributed by atoms with van der Waals surface area (Å²) in [6, 6.07) is 14.0. The molecule has 0 saturated carbocycles. The van der Waals surface area contributed by atoms with Crippen molar-refractivity contribution in [3.05, 3.63) is 88.4 Å². The van der Waals surface area contributed by atoms with Gasteiger partial charge in [-0.25, -0.2) is 8.42 Å². The predicted octanol–water partition coefficient (Wildman–Crippen LogP) is 5.81. The molecule has 3 aromatic carbocycles. The molecule has 3 aromatic rings. The summed E-state index contributed by atoms with van der Waals surface area (Å²) in [6.07, 6.45) is -4.25. The lowest BCUT2D eigenvalue weighted by atomic mass is 10.1. The lowest BCUT2D eigenvalue weighted by Gasteiger charge is -2.32. The van der Waals surface area contributed by atoms with Crippen LogP contribution < -0.4 is 14.4 Å².